The highest BCUT2D eigenvalue weighted by atomic mass is 35.5. The summed E-state index contributed by atoms with van der Waals surface area (Å²) in [6.45, 7) is 3.85. The van der Waals surface area contributed by atoms with Crippen LogP contribution in [0.25, 0.3) is 0 Å². The molecule has 0 bridgehead atoms. The Bertz CT molecular complexity index is 639. The van der Waals surface area contributed by atoms with E-state index in [-0.39, 0.29) is 11.9 Å². The van der Waals surface area contributed by atoms with Gasteiger partial charge in [-0.3, -0.25) is 14.4 Å². The summed E-state index contributed by atoms with van der Waals surface area (Å²) >= 11 is 5.97. The standard InChI is InChI=1S/C17H21ClN4O2/c18-15-4-2-14(3-5-15)16(22-7-1-6-20-22)12-19-17(23)13-21-8-10-24-11-9-21/h1-7,16H,8-13H2,(H,19,23)/t16-/m1/s1. The molecule has 2 aromatic rings. The molecule has 1 aromatic heterocycles. The van der Waals surface area contributed by atoms with Crippen molar-refractivity contribution in [3.63, 3.8) is 0 Å². The highest BCUT2D eigenvalue weighted by Gasteiger charge is 2.18. The summed E-state index contributed by atoms with van der Waals surface area (Å²) in [4.78, 5) is 14.3. The Labute approximate surface area is 146 Å². The fraction of sp³-hybridized carbons (Fsp3) is 0.412. The largest absolute Gasteiger partial charge is 0.379 e. The number of benzene rings is 1. The quantitative estimate of drug-likeness (QED) is 0.861. The van der Waals surface area contributed by atoms with Gasteiger partial charge in [-0.25, -0.2) is 0 Å². The molecule has 1 atom stereocenters. The van der Waals surface area contributed by atoms with E-state index in [1.807, 2.05) is 41.2 Å². The topological polar surface area (TPSA) is 59.4 Å². The summed E-state index contributed by atoms with van der Waals surface area (Å²) < 4.78 is 7.15. The molecule has 1 aliphatic heterocycles. The molecular formula is C17H21ClN4O2. The number of halogens is 1. The molecule has 3 rings (SSSR count). The number of morpholine rings is 1. The van der Waals surface area contributed by atoms with Gasteiger partial charge in [0.15, 0.2) is 0 Å². The first-order chi connectivity index (χ1) is 11.7. The molecule has 0 radical (unpaired) electrons. The van der Waals surface area contributed by atoms with E-state index in [0.29, 0.717) is 31.3 Å². The van der Waals surface area contributed by atoms with Crippen molar-refractivity contribution in [1.82, 2.24) is 20.0 Å². The molecule has 128 valence electrons. The SMILES string of the molecule is O=C(CN1CCOCC1)NC[C@H](c1ccc(Cl)cc1)n1cccn1. The summed E-state index contributed by atoms with van der Waals surface area (Å²) in [6, 6.07) is 9.43. The van der Waals surface area contributed by atoms with Crippen LogP contribution in [0.1, 0.15) is 11.6 Å². The van der Waals surface area contributed by atoms with Gasteiger partial charge in [-0.1, -0.05) is 23.7 Å². The van der Waals surface area contributed by atoms with Crippen LogP contribution >= 0.6 is 11.6 Å². The van der Waals surface area contributed by atoms with Gasteiger partial charge < -0.3 is 10.1 Å². The molecule has 1 aliphatic rings. The minimum absolute atomic E-state index is 0.0167. The third kappa shape index (κ3) is 4.56. The van der Waals surface area contributed by atoms with E-state index in [1.54, 1.807) is 6.20 Å². The number of nitrogens with zero attached hydrogens (tertiary/aromatic N) is 3. The Morgan fingerprint density at radius 1 is 1.29 bits per heavy atom. The van der Waals surface area contributed by atoms with Gasteiger partial charge in [0.25, 0.3) is 0 Å². The van der Waals surface area contributed by atoms with Gasteiger partial charge in [0.1, 0.15) is 0 Å². The molecule has 0 unspecified atom stereocenters. The molecule has 1 saturated heterocycles. The van der Waals surface area contributed by atoms with Crippen LogP contribution in [-0.2, 0) is 9.53 Å². The predicted octanol–water partition coefficient (Wildman–Crippen LogP) is 1.57. The Kier molecular flexibility index (Phi) is 5.85. The van der Waals surface area contributed by atoms with Crippen LogP contribution < -0.4 is 5.32 Å². The van der Waals surface area contributed by atoms with Crippen molar-refractivity contribution < 1.29 is 9.53 Å². The minimum atomic E-state index is -0.0640. The highest BCUT2D eigenvalue weighted by molar-refractivity contribution is 6.30. The lowest BCUT2D eigenvalue weighted by Gasteiger charge is -2.26. The number of aromatic nitrogens is 2. The van der Waals surface area contributed by atoms with Crippen LogP contribution in [0.5, 0.6) is 0 Å². The number of hydrogen-bond acceptors (Lipinski definition) is 4. The summed E-state index contributed by atoms with van der Waals surface area (Å²) in [7, 11) is 0. The number of ether oxygens (including phenoxy) is 1. The van der Waals surface area contributed by atoms with Gasteiger partial charge in [0.2, 0.25) is 5.91 Å². The third-order valence-corrected chi connectivity index (χ3v) is 4.31. The average Bonchev–Trinajstić information content (AvgIpc) is 3.12. The van der Waals surface area contributed by atoms with Crippen molar-refractivity contribution in [2.75, 3.05) is 39.4 Å². The summed E-state index contributed by atoms with van der Waals surface area (Å²) in [5.41, 5.74) is 1.05. The number of hydrogen-bond donors (Lipinski definition) is 1. The molecule has 1 amide bonds. The van der Waals surface area contributed by atoms with Crippen LogP contribution in [0, 0.1) is 0 Å². The van der Waals surface area contributed by atoms with E-state index in [4.69, 9.17) is 16.3 Å². The Morgan fingerprint density at radius 3 is 2.71 bits per heavy atom. The van der Waals surface area contributed by atoms with Crippen LogP contribution in [-0.4, -0.2) is 60.0 Å². The Morgan fingerprint density at radius 2 is 2.04 bits per heavy atom. The number of amides is 1. The fourth-order valence-corrected chi connectivity index (χ4v) is 2.87. The van der Waals surface area contributed by atoms with Crippen LogP contribution in [0.15, 0.2) is 42.7 Å². The van der Waals surface area contributed by atoms with Crippen LogP contribution in [0.2, 0.25) is 5.02 Å². The van der Waals surface area contributed by atoms with Gasteiger partial charge in [0, 0.05) is 37.1 Å². The molecule has 0 spiro atoms. The molecule has 1 fully saturated rings. The zero-order valence-electron chi connectivity index (χ0n) is 13.4. The molecule has 0 saturated carbocycles. The van der Waals surface area contributed by atoms with Gasteiger partial charge in [-0.05, 0) is 23.8 Å². The fourth-order valence-electron chi connectivity index (χ4n) is 2.74. The van der Waals surface area contributed by atoms with Crippen molar-refractivity contribution in [2.45, 2.75) is 6.04 Å². The summed E-state index contributed by atoms with van der Waals surface area (Å²) in [5.74, 6) is 0.0167. The first-order valence-electron chi connectivity index (χ1n) is 8.04. The minimum Gasteiger partial charge on any atom is -0.379 e. The maximum Gasteiger partial charge on any atom is 0.234 e. The van der Waals surface area contributed by atoms with Gasteiger partial charge in [-0.15, -0.1) is 0 Å². The smallest absolute Gasteiger partial charge is 0.234 e. The average molecular weight is 349 g/mol. The number of carbonyl (C=O) groups excluding carboxylic acids is 1. The van der Waals surface area contributed by atoms with Crippen molar-refractivity contribution >= 4 is 17.5 Å². The van der Waals surface area contributed by atoms with Crippen molar-refractivity contribution in [2.24, 2.45) is 0 Å². The zero-order chi connectivity index (χ0) is 16.8. The van der Waals surface area contributed by atoms with E-state index in [9.17, 15) is 4.79 Å². The molecule has 0 aliphatic carbocycles. The Balaban J connectivity index is 1.62. The molecule has 24 heavy (non-hydrogen) atoms. The first-order valence-corrected chi connectivity index (χ1v) is 8.41. The summed E-state index contributed by atoms with van der Waals surface area (Å²) in [6.07, 6.45) is 3.63. The lowest BCUT2D eigenvalue weighted by Crippen LogP contribution is -2.44. The van der Waals surface area contributed by atoms with Gasteiger partial charge in [0.05, 0.1) is 25.8 Å². The first kappa shape index (κ1) is 17.0. The number of nitrogens with one attached hydrogen (secondary N) is 1. The normalized spacial score (nSPS) is 16.7. The van der Waals surface area contributed by atoms with E-state index in [1.165, 1.54) is 0 Å². The van der Waals surface area contributed by atoms with E-state index in [0.717, 1.165) is 18.7 Å². The lowest BCUT2D eigenvalue weighted by atomic mass is 10.1. The van der Waals surface area contributed by atoms with Crippen molar-refractivity contribution in [3.05, 3.63) is 53.3 Å². The lowest BCUT2D eigenvalue weighted by molar-refractivity contribution is -0.123. The number of rotatable bonds is 6. The van der Waals surface area contributed by atoms with Gasteiger partial charge in [-0.2, -0.15) is 5.10 Å². The maximum atomic E-state index is 12.2. The van der Waals surface area contributed by atoms with E-state index >= 15 is 0 Å². The van der Waals surface area contributed by atoms with Crippen molar-refractivity contribution in [1.29, 1.82) is 0 Å². The molecular weight excluding hydrogens is 328 g/mol. The third-order valence-electron chi connectivity index (χ3n) is 4.06. The molecule has 2 heterocycles. The van der Waals surface area contributed by atoms with E-state index in [2.05, 4.69) is 15.3 Å². The van der Waals surface area contributed by atoms with Crippen LogP contribution in [0.4, 0.5) is 0 Å². The highest BCUT2D eigenvalue weighted by Crippen LogP contribution is 2.19. The van der Waals surface area contributed by atoms with Gasteiger partial charge >= 0.3 is 0 Å². The second kappa shape index (κ2) is 8.28. The molecule has 1 N–H and O–H groups in total. The molecule has 1 aromatic carbocycles. The molecule has 7 heteroatoms. The zero-order valence-corrected chi connectivity index (χ0v) is 14.2. The van der Waals surface area contributed by atoms with Crippen LogP contribution in [0.3, 0.4) is 0 Å². The number of carbonyl (C=O) groups is 1. The maximum absolute atomic E-state index is 12.2. The second-order valence-electron chi connectivity index (χ2n) is 5.75. The summed E-state index contributed by atoms with van der Waals surface area (Å²) in [5, 5.41) is 8.02. The van der Waals surface area contributed by atoms with Crippen molar-refractivity contribution in [3.8, 4) is 0 Å². The molecule has 6 nitrogen and oxygen atoms in total. The second-order valence-corrected chi connectivity index (χ2v) is 6.18. The monoisotopic (exact) mass is 348 g/mol. The Hall–Kier alpha value is -1.89. The van der Waals surface area contributed by atoms with E-state index < -0.39 is 0 Å². The predicted molar refractivity (Wildman–Crippen MR) is 92.1 cm³/mol.